The third-order valence-electron chi connectivity index (χ3n) is 3.55. The Morgan fingerprint density at radius 1 is 1.45 bits per heavy atom. The predicted molar refractivity (Wildman–Crippen MR) is 79.4 cm³/mol. The largest absolute Gasteiger partial charge is 0.376 e. The average molecular weight is 307 g/mol. The molecule has 120 valence electrons. The van der Waals surface area contributed by atoms with Gasteiger partial charge in [0.15, 0.2) is 0 Å². The van der Waals surface area contributed by atoms with Crippen molar-refractivity contribution in [2.24, 2.45) is 0 Å². The molecule has 2 atom stereocenters. The molecule has 0 N–H and O–H groups in total. The van der Waals surface area contributed by atoms with Crippen molar-refractivity contribution in [3.05, 3.63) is 33.1 Å². The number of nitrogens with zero attached hydrogens (tertiary/aromatic N) is 3. The quantitative estimate of drug-likeness (QED) is 0.783. The smallest absolute Gasteiger partial charge is 0.333 e. The van der Waals surface area contributed by atoms with Gasteiger partial charge in [-0.05, 0) is 26.7 Å². The fraction of sp³-hybridized carbons (Fsp3) is 0.667. The van der Waals surface area contributed by atoms with Gasteiger partial charge in [-0.15, -0.1) is 0 Å². The summed E-state index contributed by atoms with van der Waals surface area (Å²) in [6.45, 7) is 4.52. The molecule has 0 bridgehead atoms. The van der Waals surface area contributed by atoms with Crippen LogP contribution in [0.3, 0.4) is 0 Å². The molecule has 2 heterocycles. The van der Waals surface area contributed by atoms with Crippen LogP contribution in [0, 0.1) is 11.3 Å². The zero-order valence-electron chi connectivity index (χ0n) is 12.9. The first-order chi connectivity index (χ1) is 10.5. The average Bonchev–Trinajstić information content (AvgIpc) is 2.94. The lowest BCUT2D eigenvalue weighted by Crippen LogP contribution is -2.40. The van der Waals surface area contributed by atoms with E-state index in [2.05, 4.69) is 0 Å². The molecule has 1 aliphatic heterocycles. The molecule has 7 heteroatoms. The van der Waals surface area contributed by atoms with Crippen molar-refractivity contribution < 1.29 is 9.47 Å². The van der Waals surface area contributed by atoms with Crippen molar-refractivity contribution in [3.63, 3.8) is 0 Å². The van der Waals surface area contributed by atoms with E-state index in [0.717, 1.165) is 11.0 Å². The highest BCUT2D eigenvalue weighted by Crippen LogP contribution is 2.27. The van der Waals surface area contributed by atoms with E-state index in [1.165, 1.54) is 16.8 Å². The fourth-order valence-electron chi connectivity index (χ4n) is 2.43. The van der Waals surface area contributed by atoms with Crippen LogP contribution in [0.5, 0.6) is 0 Å². The normalized spacial score (nSPS) is 21.2. The predicted octanol–water partition coefficient (Wildman–Crippen LogP) is 1.03. The minimum atomic E-state index is -0.432. The summed E-state index contributed by atoms with van der Waals surface area (Å²) in [5.74, 6) is 0. The van der Waals surface area contributed by atoms with Gasteiger partial charge in [0.2, 0.25) is 0 Å². The lowest BCUT2D eigenvalue weighted by molar-refractivity contribution is -0.0555. The molecule has 1 aromatic heterocycles. The Morgan fingerprint density at radius 2 is 2.23 bits per heavy atom. The van der Waals surface area contributed by atoms with Crippen LogP contribution in [-0.2, 0) is 16.0 Å². The number of hydrogen-bond donors (Lipinski definition) is 0. The third kappa shape index (κ3) is 3.84. The van der Waals surface area contributed by atoms with Crippen molar-refractivity contribution in [1.82, 2.24) is 9.13 Å². The maximum absolute atomic E-state index is 12.4. The summed E-state index contributed by atoms with van der Waals surface area (Å²) in [7, 11) is 0. The molecule has 1 saturated heterocycles. The molecule has 0 aliphatic carbocycles. The first kappa shape index (κ1) is 16.5. The minimum Gasteiger partial charge on any atom is -0.376 e. The Bertz CT molecular complexity index is 656. The molecule has 2 unspecified atom stereocenters. The molecule has 1 fully saturated rings. The third-order valence-corrected chi connectivity index (χ3v) is 3.55. The van der Waals surface area contributed by atoms with Gasteiger partial charge in [0.05, 0.1) is 31.3 Å². The Kier molecular flexibility index (Phi) is 5.52. The highest BCUT2D eigenvalue weighted by molar-refractivity contribution is 4.90. The molecule has 0 amide bonds. The van der Waals surface area contributed by atoms with Crippen molar-refractivity contribution in [2.75, 3.05) is 6.61 Å². The summed E-state index contributed by atoms with van der Waals surface area (Å²) in [4.78, 5) is 24.1. The van der Waals surface area contributed by atoms with Crippen molar-refractivity contribution in [2.45, 2.75) is 58.1 Å². The van der Waals surface area contributed by atoms with Gasteiger partial charge in [-0.1, -0.05) is 0 Å². The van der Waals surface area contributed by atoms with E-state index >= 15 is 0 Å². The van der Waals surface area contributed by atoms with Gasteiger partial charge in [-0.25, -0.2) is 4.79 Å². The highest BCUT2D eigenvalue weighted by Gasteiger charge is 2.28. The Morgan fingerprint density at radius 3 is 2.91 bits per heavy atom. The van der Waals surface area contributed by atoms with Crippen LogP contribution in [0.2, 0.25) is 0 Å². The van der Waals surface area contributed by atoms with Crippen LogP contribution in [0.15, 0.2) is 21.9 Å². The van der Waals surface area contributed by atoms with E-state index in [1.807, 2.05) is 19.9 Å². The molecule has 2 rings (SSSR count). The van der Waals surface area contributed by atoms with Crippen LogP contribution >= 0.6 is 0 Å². The number of hydrogen-bond acceptors (Lipinski definition) is 5. The van der Waals surface area contributed by atoms with E-state index < -0.39 is 11.2 Å². The van der Waals surface area contributed by atoms with Gasteiger partial charge in [0, 0.05) is 18.8 Å². The van der Waals surface area contributed by atoms with E-state index in [-0.39, 0.29) is 31.4 Å². The summed E-state index contributed by atoms with van der Waals surface area (Å²) in [5.41, 5.74) is -0.827. The second-order valence-electron chi connectivity index (χ2n) is 5.58. The number of aromatic nitrogens is 2. The number of nitriles is 1. The standard InChI is InChI=1S/C15H21N3O4/c1-11(2)21-10-12-4-5-14(22-12)18-9-6-13(19)17(15(18)20)8-3-7-16/h6,9,11-12,14H,3-5,8,10H2,1-2H3. The first-order valence-corrected chi connectivity index (χ1v) is 7.49. The minimum absolute atomic E-state index is 0.0428. The molecule has 0 saturated carbocycles. The maximum atomic E-state index is 12.4. The van der Waals surface area contributed by atoms with Gasteiger partial charge in [0.25, 0.3) is 5.56 Å². The van der Waals surface area contributed by atoms with E-state index in [4.69, 9.17) is 14.7 Å². The fourth-order valence-corrected chi connectivity index (χ4v) is 2.43. The summed E-state index contributed by atoms with van der Waals surface area (Å²) in [6, 6.07) is 3.27. The SMILES string of the molecule is CC(C)OCC1CCC(n2ccc(=O)n(CCC#N)c2=O)O1. The summed E-state index contributed by atoms with van der Waals surface area (Å²) in [5, 5.41) is 8.62. The van der Waals surface area contributed by atoms with Crippen LogP contribution in [0.1, 0.15) is 39.3 Å². The molecular weight excluding hydrogens is 286 g/mol. The molecule has 0 spiro atoms. The van der Waals surface area contributed by atoms with Gasteiger partial charge in [0.1, 0.15) is 6.23 Å². The monoisotopic (exact) mass is 307 g/mol. The number of ether oxygens (including phenoxy) is 2. The van der Waals surface area contributed by atoms with Crippen molar-refractivity contribution in [1.29, 1.82) is 5.26 Å². The van der Waals surface area contributed by atoms with Crippen molar-refractivity contribution >= 4 is 0 Å². The highest BCUT2D eigenvalue weighted by atomic mass is 16.6. The Hall–Kier alpha value is -1.91. The lowest BCUT2D eigenvalue weighted by atomic mass is 10.2. The van der Waals surface area contributed by atoms with Gasteiger partial charge < -0.3 is 9.47 Å². The summed E-state index contributed by atoms with van der Waals surface area (Å²) >= 11 is 0. The lowest BCUT2D eigenvalue weighted by Gasteiger charge is -2.17. The Balaban J connectivity index is 2.12. The van der Waals surface area contributed by atoms with Gasteiger partial charge in [-0.2, -0.15) is 5.26 Å². The second kappa shape index (κ2) is 7.38. The molecule has 1 aromatic rings. The second-order valence-corrected chi connectivity index (χ2v) is 5.58. The molecule has 0 aromatic carbocycles. The number of rotatable bonds is 6. The molecule has 1 aliphatic rings. The maximum Gasteiger partial charge on any atom is 0.333 e. The van der Waals surface area contributed by atoms with E-state index in [9.17, 15) is 9.59 Å². The van der Waals surface area contributed by atoms with Gasteiger partial charge in [-0.3, -0.25) is 13.9 Å². The van der Waals surface area contributed by atoms with Crippen LogP contribution in [0.25, 0.3) is 0 Å². The van der Waals surface area contributed by atoms with Gasteiger partial charge >= 0.3 is 5.69 Å². The van der Waals surface area contributed by atoms with E-state index in [1.54, 1.807) is 0 Å². The first-order valence-electron chi connectivity index (χ1n) is 7.49. The summed E-state index contributed by atoms with van der Waals surface area (Å²) in [6.07, 6.45) is 2.79. The topological polar surface area (TPSA) is 86.2 Å². The zero-order valence-corrected chi connectivity index (χ0v) is 12.9. The summed E-state index contributed by atoms with van der Waals surface area (Å²) < 4.78 is 13.9. The van der Waals surface area contributed by atoms with Crippen LogP contribution in [0.4, 0.5) is 0 Å². The Labute approximate surface area is 128 Å². The van der Waals surface area contributed by atoms with Crippen LogP contribution < -0.4 is 11.2 Å². The van der Waals surface area contributed by atoms with E-state index in [0.29, 0.717) is 13.0 Å². The molecular formula is C15H21N3O4. The van der Waals surface area contributed by atoms with Crippen LogP contribution in [-0.4, -0.2) is 27.9 Å². The molecule has 22 heavy (non-hydrogen) atoms. The molecule has 7 nitrogen and oxygen atoms in total. The zero-order chi connectivity index (χ0) is 16.1. The van der Waals surface area contributed by atoms with Crippen molar-refractivity contribution in [3.8, 4) is 6.07 Å². The molecule has 0 radical (unpaired) electrons.